The van der Waals surface area contributed by atoms with Gasteiger partial charge in [-0.05, 0) is 27.1 Å². The summed E-state index contributed by atoms with van der Waals surface area (Å²) in [4.78, 5) is 20.8. The van der Waals surface area contributed by atoms with E-state index in [9.17, 15) is 4.79 Å². The lowest BCUT2D eigenvalue weighted by atomic mass is 10.2. The van der Waals surface area contributed by atoms with E-state index >= 15 is 0 Å². The summed E-state index contributed by atoms with van der Waals surface area (Å²) in [6.07, 6.45) is 3.24. The van der Waals surface area contributed by atoms with E-state index in [1.165, 1.54) is 6.39 Å². The van der Waals surface area contributed by atoms with Gasteiger partial charge < -0.3 is 14.6 Å². The Morgan fingerprint density at radius 3 is 3.11 bits per heavy atom. The van der Waals surface area contributed by atoms with Gasteiger partial charge in [-0.15, -0.1) is 0 Å². The molecule has 1 amide bonds. The normalized spacial score (nSPS) is 19.7. The molecule has 1 aromatic heterocycles. The van der Waals surface area contributed by atoms with Crippen LogP contribution in [0.3, 0.4) is 0 Å². The zero-order valence-corrected chi connectivity index (χ0v) is 11.8. The lowest BCUT2D eigenvalue weighted by molar-refractivity contribution is -0.135. The molecular weight excluding hydrogens is 244 g/mol. The molecule has 6 nitrogen and oxygen atoms in total. The fourth-order valence-corrected chi connectivity index (χ4v) is 2.49. The van der Waals surface area contributed by atoms with E-state index in [1.54, 1.807) is 7.05 Å². The van der Waals surface area contributed by atoms with Gasteiger partial charge in [-0.2, -0.15) is 0 Å². The maximum atomic E-state index is 12.5. The molecule has 1 N–H and O–H groups in total. The molecule has 19 heavy (non-hydrogen) atoms. The van der Waals surface area contributed by atoms with Crippen molar-refractivity contribution in [2.45, 2.75) is 25.8 Å². The summed E-state index contributed by atoms with van der Waals surface area (Å²) in [5.41, 5.74) is 0.883. The molecule has 1 aliphatic heterocycles. The lowest BCUT2D eigenvalue weighted by Gasteiger charge is -2.28. The first kappa shape index (κ1) is 14.0. The highest BCUT2D eigenvalue weighted by Crippen LogP contribution is 2.23. The molecule has 0 aliphatic carbocycles. The molecule has 0 aromatic carbocycles. The largest absolute Gasteiger partial charge is 0.446 e. The van der Waals surface area contributed by atoms with Crippen molar-refractivity contribution in [1.29, 1.82) is 0 Å². The molecular formula is C13H22N4O2. The maximum absolute atomic E-state index is 12.5. The summed E-state index contributed by atoms with van der Waals surface area (Å²) in [5, 5.41) is 3.03. The van der Waals surface area contributed by atoms with Crippen LogP contribution in [0, 0.1) is 0 Å². The second-order valence-electron chi connectivity index (χ2n) is 4.96. The Morgan fingerprint density at radius 2 is 2.42 bits per heavy atom. The Kier molecular flexibility index (Phi) is 4.55. The number of rotatable bonds is 5. The second kappa shape index (κ2) is 6.16. The summed E-state index contributed by atoms with van der Waals surface area (Å²) in [5.74, 6) is 0.717. The minimum atomic E-state index is -0.421. The SMILES string of the molecule is CCCN(C)CN1CCc2ncoc2C(NC)C1=O. The predicted molar refractivity (Wildman–Crippen MR) is 71.5 cm³/mol. The molecule has 1 aliphatic rings. The van der Waals surface area contributed by atoms with E-state index in [1.807, 2.05) is 11.9 Å². The van der Waals surface area contributed by atoms with Crippen molar-refractivity contribution in [2.24, 2.45) is 0 Å². The van der Waals surface area contributed by atoms with Gasteiger partial charge in [-0.25, -0.2) is 4.98 Å². The van der Waals surface area contributed by atoms with Crippen molar-refractivity contribution in [3.8, 4) is 0 Å². The van der Waals surface area contributed by atoms with Gasteiger partial charge in [-0.3, -0.25) is 9.69 Å². The number of carbonyl (C=O) groups is 1. The molecule has 1 atom stereocenters. The molecule has 0 saturated heterocycles. The number of aromatic nitrogens is 1. The van der Waals surface area contributed by atoms with Crippen molar-refractivity contribution >= 4 is 5.91 Å². The molecule has 0 saturated carbocycles. The van der Waals surface area contributed by atoms with Crippen molar-refractivity contribution in [3.05, 3.63) is 17.8 Å². The number of hydrogen-bond donors (Lipinski definition) is 1. The highest BCUT2D eigenvalue weighted by molar-refractivity contribution is 5.83. The van der Waals surface area contributed by atoms with Gasteiger partial charge in [0.1, 0.15) is 6.04 Å². The van der Waals surface area contributed by atoms with E-state index in [0.717, 1.165) is 25.1 Å². The first-order chi connectivity index (χ1) is 9.17. The van der Waals surface area contributed by atoms with Gasteiger partial charge in [0.25, 0.3) is 0 Å². The molecule has 0 spiro atoms. The van der Waals surface area contributed by atoms with Crippen molar-refractivity contribution in [3.63, 3.8) is 0 Å². The number of likely N-dealkylation sites (N-methyl/N-ethyl adjacent to an activating group) is 1. The van der Waals surface area contributed by atoms with Gasteiger partial charge in [0.15, 0.2) is 12.2 Å². The summed E-state index contributed by atoms with van der Waals surface area (Å²) in [7, 11) is 3.81. The number of amides is 1. The summed E-state index contributed by atoms with van der Waals surface area (Å²) >= 11 is 0. The molecule has 0 fully saturated rings. The predicted octanol–water partition coefficient (Wildman–Crippen LogP) is 0.619. The van der Waals surface area contributed by atoms with E-state index in [-0.39, 0.29) is 5.91 Å². The van der Waals surface area contributed by atoms with Crippen LogP contribution in [0.15, 0.2) is 10.8 Å². The lowest BCUT2D eigenvalue weighted by Crippen LogP contribution is -2.44. The first-order valence-corrected chi connectivity index (χ1v) is 6.74. The van der Waals surface area contributed by atoms with Crippen molar-refractivity contribution in [1.82, 2.24) is 20.1 Å². The molecule has 0 radical (unpaired) electrons. The topological polar surface area (TPSA) is 61.6 Å². The number of hydrogen-bond acceptors (Lipinski definition) is 5. The number of nitrogens with one attached hydrogen (secondary N) is 1. The monoisotopic (exact) mass is 266 g/mol. The standard InChI is InChI=1S/C13H22N4O2/c1-4-6-16(3)9-17-7-5-10-12(19-8-15-10)11(14-2)13(17)18/h8,11,14H,4-7,9H2,1-3H3. The fraction of sp³-hybridized carbons (Fsp3) is 0.692. The average Bonchev–Trinajstić information content (AvgIpc) is 2.79. The van der Waals surface area contributed by atoms with Gasteiger partial charge in [0, 0.05) is 13.0 Å². The molecule has 0 bridgehead atoms. The second-order valence-corrected chi connectivity index (χ2v) is 4.96. The molecule has 2 rings (SSSR count). The number of fused-ring (bicyclic) bond motifs is 1. The van der Waals surface area contributed by atoms with Crippen molar-refractivity contribution < 1.29 is 9.21 Å². The van der Waals surface area contributed by atoms with Crippen LogP contribution in [0.25, 0.3) is 0 Å². The van der Waals surface area contributed by atoms with Crippen LogP contribution in [0.2, 0.25) is 0 Å². The average molecular weight is 266 g/mol. The molecule has 6 heteroatoms. The summed E-state index contributed by atoms with van der Waals surface area (Å²) < 4.78 is 5.38. The van der Waals surface area contributed by atoms with E-state index in [4.69, 9.17) is 4.42 Å². The first-order valence-electron chi connectivity index (χ1n) is 6.74. The van der Waals surface area contributed by atoms with Gasteiger partial charge in [-0.1, -0.05) is 6.92 Å². The maximum Gasteiger partial charge on any atom is 0.248 e. The van der Waals surface area contributed by atoms with E-state index in [2.05, 4.69) is 22.1 Å². The summed E-state index contributed by atoms with van der Waals surface area (Å²) in [6, 6.07) is -0.421. The third kappa shape index (κ3) is 2.96. The van der Waals surface area contributed by atoms with Crippen LogP contribution in [-0.4, -0.2) is 54.5 Å². The van der Waals surface area contributed by atoms with Crippen LogP contribution in [0.5, 0.6) is 0 Å². The van der Waals surface area contributed by atoms with Crippen LogP contribution in [0.4, 0.5) is 0 Å². The van der Waals surface area contributed by atoms with Crippen LogP contribution >= 0.6 is 0 Å². The third-order valence-corrected chi connectivity index (χ3v) is 3.42. The van der Waals surface area contributed by atoms with Crippen molar-refractivity contribution in [2.75, 3.05) is 33.9 Å². The van der Waals surface area contributed by atoms with Crippen LogP contribution in [-0.2, 0) is 11.2 Å². The number of nitrogens with zero attached hydrogens (tertiary/aromatic N) is 3. The van der Waals surface area contributed by atoms with Crippen LogP contribution < -0.4 is 5.32 Å². The molecule has 106 valence electrons. The van der Waals surface area contributed by atoms with Gasteiger partial charge in [0.2, 0.25) is 5.91 Å². The summed E-state index contributed by atoms with van der Waals surface area (Å²) in [6.45, 7) is 4.45. The third-order valence-electron chi connectivity index (χ3n) is 3.42. The van der Waals surface area contributed by atoms with Crippen LogP contribution in [0.1, 0.15) is 30.8 Å². The molecule has 1 aromatic rings. The highest BCUT2D eigenvalue weighted by atomic mass is 16.3. The Morgan fingerprint density at radius 1 is 1.63 bits per heavy atom. The number of oxazole rings is 1. The number of carbonyl (C=O) groups excluding carboxylic acids is 1. The fourth-order valence-electron chi connectivity index (χ4n) is 2.49. The minimum Gasteiger partial charge on any atom is -0.446 e. The van der Waals surface area contributed by atoms with Gasteiger partial charge in [0.05, 0.1) is 12.4 Å². The van der Waals surface area contributed by atoms with E-state index in [0.29, 0.717) is 19.0 Å². The van der Waals surface area contributed by atoms with Gasteiger partial charge >= 0.3 is 0 Å². The quantitative estimate of drug-likeness (QED) is 0.846. The Bertz CT molecular complexity index is 432. The van der Waals surface area contributed by atoms with E-state index < -0.39 is 6.04 Å². The molecule has 2 heterocycles. The Labute approximate surface area is 113 Å². The Balaban J connectivity index is 2.13. The molecule has 1 unspecified atom stereocenters. The highest BCUT2D eigenvalue weighted by Gasteiger charge is 2.33. The zero-order valence-electron chi connectivity index (χ0n) is 11.8. The smallest absolute Gasteiger partial charge is 0.248 e. The Hall–Kier alpha value is -1.40. The zero-order chi connectivity index (χ0) is 13.8. The minimum absolute atomic E-state index is 0.0564.